The number of carbonyl (C=O) groups is 1. The fraction of sp³-hybridized carbons (Fsp3) is 0.278. The molecular weight excluding hydrogens is 465 g/mol. The molecule has 4 rings (SSSR count). The van der Waals surface area contributed by atoms with E-state index in [1.165, 1.54) is 37.9 Å². The zero-order valence-electron chi connectivity index (χ0n) is 17.5. The summed E-state index contributed by atoms with van der Waals surface area (Å²) < 4.78 is 63.3. The van der Waals surface area contributed by atoms with Crippen LogP contribution in [0.4, 0.5) is 13.2 Å². The Hall–Kier alpha value is -3.59. The Morgan fingerprint density at radius 2 is 2.03 bits per heavy atom. The molecule has 4 heterocycles. The van der Waals surface area contributed by atoms with Crippen LogP contribution in [0.5, 0.6) is 0 Å². The summed E-state index contributed by atoms with van der Waals surface area (Å²) in [4.78, 5) is 29.4. The van der Waals surface area contributed by atoms with Gasteiger partial charge >= 0.3 is 6.18 Å². The van der Waals surface area contributed by atoms with Gasteiger partial charge in [-0.2, -0.15) is 18.3 Å². The molecule has 1 amide bonds. The second kappa shape index (κ2) is 7.77. The second-order valence-electron chi connectivity index (χ2n) is 6.90. The Balaban J connectivity index is 2.07. The molecule has 0 aliphatic carbocycles. The van der Waals surface area contributed by atoms with Gasteiger partial charge in [0.1, 0.15) is 17.0 Å². The number of aryl methyl sites for hydroxylation is 1. The number of fused-ring (bicyclic) bond motifs is 2. The number of alkyl halides is 3. The van der Waals surface area contributed by atoms with E-state index in [-0.39, 0.29) is 44.7 Å². The first kappa shape index (κ1) is 22.6. The van der Waals surface area contributed by atoms with Gasteiger partial charge in [0.2, 0.25) is 0 Å². The third-order valence-electron chi connectivity index (χ3n) is 4.89. The number of nitrogens with zero attached hydrogens (tertiary/aromatic N) is 6. The van der Waals surface area contributed by atoms with Crippen LogP contribution >= 0.6 is 0 Å². The van der Waals surface area contributed by atoms with Crippen LogP contribution in [0.2, 0.25) is 0 Å². The van der Waals surface area contributed by atoms with Crippen molar-refractivity contribution in [2.75, 3.05) is 12.9 Å². The number of pyridine rings is 1. The van der Waals surface area contributed by atoms with Crippen molar-refractivity contribution in [1.82, 2.24) is 34.6 Å². The quantitative estimate of drug-likeness (QED) is 0.416. The van der Waals surface area contributed by atoms with E-state index in [2.05, 4.69) is 30.4 Å². The van der Waals surface area contributed by atoms with Gasteiger partial charge in [0.05, 0.1) is 28.0 Å². The third kappa shape index (κ3) is 3.68. The van der Waals surface area contributed by atoms with E-state index in [0.717, 1.165) is 10.6 Å². The zero-order valence-corrected chi connectivity index (χ0v) is 18.3. The number of amides is 1. The Morgan fingerprint density at radius 3 is 2.67 bits per heavy atom. The minimum atomic E-state index is -4.61. The highest BCUT2D eigenvalue weighted by Gasteiger charge is 2.33. The summed E-state index contributed by atoms with van der Waals surface area (Å²) in [5.41, 5.74) is 1.30. The molecule has 15 heteroatoms. The van der Waals surface area contributed by atoms with E-state index in [9.17, 15) is 22.2 Å². The molecule has 0 radical (unpaired) electrons. The number of hydroxylamine groups is 1. The molecule has 1 atom stereocenters. The van der Waals surface area contributed by atoms with Crippen molar-refractivity contribution in [3.05, 3.63) is 35.8 Å². The molecule has 0 aliphatic rings. The average molecular weight is 482 g/mol. The summed E-state index contributed by atoms with van der Waals surface area (Å²) in [5, 5.41) is 4.02. The van der Waals surface area contributed by atoms with Crippen LogP contribution in [0.3, 0.4) is 0 Å². The summed E-state index contributed by atoms with van der Waals surface area (Å²) >= 11 is 0. The minimum Gasteiger partial charge on any atom is -0.312 e. The molecule has 4 aromatic rings. The summed E-state index contributed by atoms with van der Waals surface area (Å²) in [6.45, 7) is 1.53. The van der Waals surface area contributed by atoms with Crippen LogP contribution in [0.1, 0.15) is 23.0 Å². The maximum Gasteiger partial charge on any atom is 0.417 e. The summed E-state index contributed by atoms with van der Waals surface area (Å²) in [7, 11) is -0.715. The first-order valence-corrected chi connectivity index (χ1v) is 11.1. The topological polar surface area (TPSA) is 140 Å². The Kier molecular flexibility index (Phi) is 5.32. The van der Waals surface area contributed by atoms with E-state index in [4.69, 9.17) is 4.78 Å². The normalized spacial score (nSPS) is 14.0. The molecule has 0 aromatic carbocycles. The minimum absolute atomic E-state index is 0.0306. The van der Waals surface area contributed by atoms with Gasteiger partial charge in [-0.3, -0.25) is 9.63 Å². The largest absolute Gasteiger partial charge is 0.417 e. The molecule has 2 N–H and O–H groups in total. The highest BCUT2D eigenvalue weighted by molar-refractivity contribution is 7.92. The van der Waals surface area contributed by atoms with Crippen LogP contribution in [-0.4, -0.2) is 52.1 Å². The van der Waals surface area contributed by atoms with Gasteiger partial charge in [0.25, 0.3) is 5.91 Å². The van der Waals surface area contributed by atoms with Crippen LogP contribution in [0.15, 0.2) is 29.6 Å². The van der Waals surface area contributed by atoms with E-state index < -0.39 is 27.4 Å². The maximum atomic E-state index is 13.1. The molecular formula is C18H17F3N8O3S. The van der Waals surface area contributed by atoms with Gasteiger partial charge in [-0.15, -0.1) is 0 Å². The maximum absolute atomic E-state index is 13.1. The molecule has 33 heavy (non-hydrogen) atoms. The molecule has 4 aromatic heterocycles. The molecule has 0 spiro atoms. The fourth-order valence-electron chi connectivity index (χ4n) is 3.26. The van der Waals surface area contributed by atoms with Crippen molar-refractivity contribution >= 4 is 32.4 Å². The van der Waals surface area contributed by atoms with Crippen molar-refractivity contribution in [3.8, 4) is 11.4 Å². The molecule has 174 valence electrons. The molecule has 0 saturated heterocycles. The fourth-order valence-corrected chi connectivity index (χ4v) is 4.26. The first-order chi connectivity index (χ1) is 15.5. The molecule has 0 bridgehead atoms. The predicted molar refractivity (Wildman–Crippen MR) is 110 cm³/mol. The Morgan fingerprint density at radius 1 is 1.30 bits per heavy atom. The highest BCUT2D eigenvalue weighted by atomic mass is 32.2. The number of aromatic nitrogens is 6. The molecule has 0 saturated carbocycles. The van der Waals surface area contributed by atoms with Gasteiger partial charge < -0.3 is 4.57 Å². The molecule has 1 unspecified atom stereocenters. The van der Waals surface area contributed by atoms with Crippen LogP contribution < -0.4 is 5.48 Å². The van der Waals surface area contributed by atoms with Gasteiger partial charge in [-0.05, 0) is 12.1 Å². The lowest BCUT2D eigenvalue weighted by Crippen LogP contribution is -2.24. The van der Waals surface area contributed by atoms with Crippen molar-refractivity contribution in [2.24, 2.45) is 7.05 Å². The summed E-state index contributed by atoms with van der Waals surface area (Å²) in [5.74, 6) is -0.740. The number of hydrogen-bond donors (Lipinski definition) is 2. The predicted octanol–water partition coefficient (Wildman–Crippen LogP) is 2.41. The number of imidazole rings is 1. The Bertz CT molecular complexity index is 1510. The molecule has 0 aliphatic heterocycles. The number of hydrogen-bond acceptors (Lipinski definition) is 8. The SMILES string of the molecule is CCS(=N)(=O)c1nn2c(C(=O)NOC)ccnc2c1-c1nc2cc(C(F)(F)F)cnc2n1C. The van der Waals surface area contributed by atoms with Crippen molar-refractivity contribution in [3.63, 3.8) is 0 Å². The van der Waals surface area contributed by atoms with E-state index in [1.807, 2.05) is 0 Å². The Labute approximate surface area is 184 Å². The number of nitrogens with one attached hydrogen (secondary N) is 2. The van der Waals surface area contributed by atoms with Crippen LogP contribution in [0, 0.1) is 4.78 Å². The standard InChI is InChI=1S/C18H17F3N8O3S/c1-4-33(22,31)17-12(14-23-6-5-11(29(14)26-17)16(30)27-32-3)15-25-10-7-9(18(19,20)21)8-24-13(10)28(15)2/h5-8,22H,4H2,1-3H3,(H,27,30). The average Bonchev–Trinajstić information content (AvgIpc) is 3.31. The van der Waals surface area contributed by atoms with Crippen molar-refractivity contribution < 1.29 is 27.0 Å². The lowest BCUT2D eigenvalue weighted by Gasteiger charge is -2.06. The van der Waals surface area contributed by atoms with Crippen LogP contribution in [-0.2, 0) is 27.8 Å². The smallest absolute Gasteiger partial charge is 0.312 e. The zero-order chi connectivity index (χ0) is 24.1. The van der Waals surface area contributed by atoms with E-state index in [0.29, 0.717) is 6.20 Å². The second-order valence-corrected chi connectivity index (χ2v) is 9.22. The highest BCUT2D eigenvalue weighted by Crippen LogP contribution is 2.35. The number of halogens is 3. The third-order valence-corrected chi connectivity index (χ3v) is 6.62. The van der Waals surface area contributed by atoms with Crippen molar-refractivity contribution in [1.29, 1.82) is 4.78 Å². The summed E-state index contributed by atoms with van der Waals surface area (Å²) in [6, 6.07) is 2.19. The van der Waals surface area contributed by atoms with Gasteiger partial charge in [-0.1, -0.05) is 6.92 Å². The van der Waals surface area contributed by atoms with E-state index in [1.54, 1.807) is 0 Å². The van der Waals surface area contributed by atoms with Crippen molar-refractivity contribution in [2.45, 2.75) is 18.1 Å². The number of carbonyl (C=O) groups excluding carboxylic acids is 1. The van der Waals surface area contributed by atoms with Crippen LogP contribution in [0.25, 0.3) is 28.2 Å². The first-order valence-electron chi connectivity index (χ1n) is 9.37. The van der Waals surface area contributed by atoms with Gasteiger partial charge in [-0.25, -0.2) is 33.9 Å². The molecule has 11 nitrogen and oxygen atoms in total. The van der Waals surface area contributed by atoms with E-state index >= 15 is 0 Å². The summed E-state index contributed by atoms with van der Waals surface area (Å²) in [6.07, 6.45) is -2.62. The van der Waals surface area contributed by atoms with Gasteiger partial charge in [0.15, 0.2) is 16.3 Å². The number of rotatable bonds is 5. The lowest BCUT2D eigenvalue weighted by atomic mass is 10.2. The monoisotopic (exact) mass is 482 g/mol. The lowest BCUT2D eigenvalue weighted by molar-refractivity contribution is -0.137. The molecule has 0 fully saturated rings. The van der Waals surface area contributed by atoms with Gasteiger partial charge in [0, 0.05) is 25.2 Å².